The number of rotatable bonds is 4. The first-order chi connectivity index (χ1) is 13.2. The summed E-state index contributed by atoms with van der Waals surface area (Å²) in [5, 5.41) is 2.88. The molecule has 4 rings (SSSR count). The van der Waals surface area contributed by atoms with Gasteiger partial charge in [0.2, 0.25) is 0 Å². The van der Waals surface area contributed by atoms with E-state index in [-0.39, 0.29) is 5.91 Å². The van der Waals surface area contributed by atoms with Gasteiger partial charge in [-0.25, -0.2) is 4.98 Å². The van der Waals surface area contributed by atoms with E-state index >= 15 is 0 Å². The number of H-pyrrole nitrogens is 1. The maximum Gasteiger partial charge on any atom is 0.258 e. The molecular weight excluding hydrogens is 336 g/mol. The van der Waals surface area contributed by atoms with Crippen LogP contribution in [0.2, 0.25) is 0 Å². The molecule has 0 unspecified atom stereocenters. The van der Waals surface area contributed by atoms with Crippen molar-refractivity contribution in [3.63, 3.8) is 0 Å². The minimum Gasteiger partial charge on any atom is -0.358 e. The molecule has 0 saturated carbocycles. The van der Waals surface area contributed by atoms with E-state index in [2.05, 4.69) is 20.3 Å². The first kappa shape index (κ1) is 16.7. The largest absolute Gasteiger partial charge is 0.358 e. The predicted octanol–water partition coefficient (Wildman–Crippen LogP) is 4.70. The van der Waals surface area contributed by atoms with Crippen LogP contribution >= 0.6 is 0 Å². The third-order valence-electron chi connectivity index (χ3n) is 4.34. The molecule has 0 saturated heterocycles. The Kier molecular flexibility index (Phi) is 4.49. The van der Waals surface area contributed by atoms with Crippen molar-refractivity contribution in [3.8, 4) is 22.4 Å². The van der Waals surface area contributed by atoms with Crippen LogP contribution < -0.4 is 5.32 Å². The highest BCUT2D eigenvalue weighted by Gasteiger charge is 2.14. The predicted molar refractivity (Wildman–Crippen MR) is 106 cm³/mol. The molecule has 1 aromatic carbocycles. The Bertz CT molecular complexity index is 1070. The minimum atomic E-state index is -0.193. The van der Waals surface area contributed by atoms with Gasteiger partial charge in [0.1, 0.15) is 5.82 Å². The average Bonchev–Trinajstić information content (AvgIpc) is 3.11. The summed E-state index contributed by atoms with van der Waals surface area (Å²) in [5.41, 5.74) is 5.28. The molecule has 0 atom stereocenters. The van der Waals surface area contributed by atoms with Gasteiger partial charge in [0, 0.05) is 35.5 Å². The number of nitrogens with one attached hydrogen (secondary N) is 2. The number of aromatic amines is 1. The number of nitrogens with zero attached hydrogens (tertiary/aromatic N) is 2. The fourth-order valence-electron chi connectivity index (χ4n) is 2.96. The number of carbonyl (C=O) groups is 1. The molecular formula is C22H18N4O. The average molecular weight is 354 g/mol. The van der Waals surface area contributed by atoms with Crippen LogP contribution in [0.3, 0.4) is 0 Å². The van der Waals surface area contributed by atoms with Crippen LogP contribution in [0, 0.1) is 6.92 Å². The molecule has 1 amide bonds. The van der Waals surface area contributed by atoms with E-state index in [1.807, 2.05) is 67.6 Å². The zero-order valence-electron chi connectivity index (χ0n) is 14.8. The molecule has 5 nitrogen and oxygen atoms in total. The molecule has 3 aromatic heterocycles. The highest BCUT2D eigenvalue weighted by atomic mass is 16.1. The summed E-state index contributed by atoms with van der Waals surface area (Å²) in [5.74, 6) is 0.310. The number of benzene rings is 1. The van der Waals surface area contributed by atoms with Crippen LogP contribution in [0.15, 0.2) is 79.3 Å². The summed E-state index contributed by atoms with van der Waals surface area (Å²) in [4.78, 5) is 24.4. The zero-order valence-corrected chi connectivity index (χ0v) is 14.8. The molecule has 4 aromatic rings. The number of aromatic nitrogens is 3. The fourth-order valence-corrected chi connectivity index (χ4v) is 2.96. The van der Waals surface area contributed by atoms with E-state index in [1.54, 1.807) is 18.6 Å². The maximum absolute atomic E-state index is 12.7. The Morgan fingerprint density at radius 1 is 0.926 bits per heavy atom. The molecule has 0 fully saturated rings. The molecule has 0 aliphatic rings. The molecule has 0 radical (unpaired) electrons. The third-order valence-corrected chi connectivity index (χ3v) is 4.34. The van der Waals surface area contributed by atoms with Gasteiger partial charge in [0.15, 0.2) is 0 Å². The standard InChI is InChI=1S/C22H18N4O/c1-15-19(13-20(25-15)16-6-3-2-4-7-16)22(27)26-21-12-17(9-11-24-21)18-8-5-10-23-14-18/h2-14,25H,1H3,(H,24,26,27). The second kappa shape index (κ2) is 7.25. The van der Waals surface area contributed by atoms with Gasteiger partial charge in [0.25, 0.3) is 5.91 Å². The van der Waals surface area contributed by atoms with Crippen molar-refractivity contribution in [1.29, 1.82) is 0 Å². The Hall–Kier alpha value is -3.73. The van der Waals surface area contributed by atoms with Crippen molar-refractivity contribution >= 4 is 11.7 Å². The van der Waals surface area contributed by atoms with Crippen molar-refractivity contribution in [2.45, 2.75) is 6.92 Å². The smallest absolute Gasteiger partial charge is 0.258 e. The fraction of sp³-hybridized carbons (Fsp3) is 0.0455. The van der Waals surface area contributed by atoms with E-state index in [0.717, 1.165) is 28.1 Å². The van der Waals surface area contributed by atoms with E-state index in [1.165, 1.54) is 0 Å². The summed E-state index contributed by atoms with van der Waals surface area (Å²) in [7, 11) is 0. The van der Waals surface area contributed by atoms with E-state index < -0.39 is 0 Å². The topological polar surface area (TPSA) is 70.7 Å². The summed E-state index contributed by atoms with van der Waals surface area (Å²) in [6.07, 6.45) is 5.19. The second-order valence-corrected chi connectivity index (χ2v) is 6.21. The number of anilines is 1. The first-order valence-corrected chi connectivity index (χ1v) is 8.63. The van der Waals surface area contributed by atoms with Crippen molar-refractivity contribution in [1.82, 2.24) is 15.0 Å². The second-order valence-electron chi connectivity index (χ2n) is 6.21. The number of aryl methyl sites for hydroxylation is 1. The van der Waals surface area contributed by atoms with E-state index in [4.69, 9.17) is 0 Å². The normalized spacial score (nSPS) is 10.6. The molecule has 5 heteroatoms. The van der Waals surface area contributed by atoms with Gasteiger partial charge in [0.05, 0.1) is 5.56 Å². The molecule has 3 heterocycles. The SMILES string of the molecule is Cc1[nH]c(-c2ccccc2)cc1C(=O)Nc1cc(-c2cccnc2)ccn1. The van der Waals surface area contributed by atoms with E-state index in [9.17, 15) is 4.79 Å². The summed E-state index contributed by atoms with van der Waals surface area (Å²) >= 11 is 0. The molecule has 0 spiro atoms. The summed E-state index contributed by atoms with van der Waals surface area (Å²) < 4.78 is 0. The lowest BCUT2D eigenvalue weighted by Crippen LogP contribution is -2.13. The van der Waals surface area contributed by atoms with Crippen molar-refractivity contribution in [2.75, 3.05) is 5.32 Å². The summed E-state index contributed by atoms with van der Waals surface area (Å²) in [6.45, 7) is 1.89. The van der Waals surface area contributed by atoms with Gasteiger partial charge in [-0.15, -0.1) is 0 Å². The number of pyridine rings is 2. The minimum absolute atomic E-state index is 0.193. The Morgan fingerprint density at radius 2 is 1.74 bits per heavy atom. The quantitative estimate of drug-likeness (QED) is 0.558. The van der Waals surface area contributed by atoms with Gasteiger partial charge in [-0.2, -0.15) is 0 Å². The molecule has 0 bridgehead atoms. The van der Waals surface area contributed by atoms with Gasteiger partial charge >= 0.3 is 0 Å². The first-order valence-electron chi connectivity index (χ1n) is 8.63. The zero-order chi connectivity index (χ0) is 18.6. The van der Waals surface area contributed by atoms with Crippen LogP contribution in [0.4, 0.5) is 5.82 Å². The Morgan fingerprint density at radius 3 is 2.52 bits per heavy atom. The summed E-state index contributed by atoms with van der Waals surface area (Å²) in [6, 6.07) is 19.4. The van der Waals surface area contributed by atoms with Crippen LogP contribution in [0.25, 0.3) is 22.4 Å². The molecule has 27 heavy (non-hydrogen) atoms. The van der Waals surface area contributed by atoms with Crippen molar-refractivity contribution in [2.24, 2.45) is 0 Å². The highest BCUT2D eigenvalue weighted by Crippen LogP contribution is 2.23. The Labute approximate surface area is 157 Å². The number of carbonyl (C=O) groups excluding carboxylic acids is 1. The van der Waals surface area contributed by atoms with Gasteiger partial charge in [-0.05, 0) is 42.3 Å². The highest BCUT2D eigenvalue weighted by molar-refractivity contribution is 6.05. The van der Waals surface area contributed by atoms with Gasteiger partial charge in [-0.1, -0.05) is 36.4 Å². The third kappa shape index (κ3) is 3.62. The molecule has 0 aliphatic carbocycles. The van der Waals surface area contributed by atoms with E-state index in [0.29, 0.717) is 11.4 Å². The molecule has 0 aliphatic heterocycles. The lowest BCUT2D eigenvalue weighted by Gasteiger charge is -2.06. The van der Waals surface area contributed by atoms with Crippen LogP contribution in [0.1, 0.15) is 16.1 Å². The van der Waals surface area contributed by atoms with Gasteiger partial charge < -0.3 is 10.3 Å². The monoisotopic (exact) mass is 354 g/mol. The number of amides is 1. The van der Waals surface area contributed by atoms with Crippen LogP contribution in [-0.2, 0) is 0 Å². The number of hydrogen-bond donors (Lipinski definition) is 2. The molecule has 132 valence electrons. The Balaban J connectivity index is 1.57. The molecule has 2 N–H and O–H groups in total. The van der Waals surface area contributed by atoms with Crippen molar-refractivity contribution in [3.05, 3.63) is 90.5 Å². The number of hydrogen-bond acceptors (Lipinski definition) is 3. The maximum atomic E-state index is 12.7. The lowest BCUT2D eigenvalue weighted by molar-refractivity contribution is 0.102. The van der Waals surface area contributed by atoms with Gasteiger partial charge in [-0.3, -0.25) is 9.78 Å². The van der Waals surface area contributed by atoms with Crippen LogP contribution in [0.5, 0.6) is 0 Å². The van der Waals surface area contributed by atoms with Crippen molar-refractivity contribution < 1.29 is 4.79 Å². The lowest BCUT2D eigenvalue weighted by atomic mass is 10.1. The van der Waals surface area contributed by atoms with Crippen LogP contribution in [-0.4, -0.2) is 20.9 Å².